The van der Waals surface area contributed by atoms with Gasteiger partial charge in [-0.3, -0.25) is 20.2 Å². The number of halogens is 6. The second-order valence-corrected chi connectivity index (χ2v) is 9.49. The van der Waals surface area contributed by atoms with Crippen molar-refractivity contribution in [2.24, 2.45) is 0 Å². The molecule has 0 spiro atoms. The largest absolute Gasteiger partial charge is 0.367 e. The second kappa shape index (κ2) is 11.6. The van der Waals surface area contributed by atoms with E-state index in [9.17, 15) is 36.9 Å². The van der Waals surface area contributed by atoms with Gasteiger partial charge in [-0.1, -0.05) is 17.7 Å². The Morgan fingerprint density at radius 2 is 1.52 bits per heavy atom. The zero-order valence-electron chi connectivity index (χ0n) is 20.5. The summed E-state index contributed by atoms with van der Waals surface area (Å²) in [5.41, 5.74) is 0.0399. The van der Waals surface area contributed by atoms with Crippen molar-refractivity contribution in [3.8, 4) is 0 Å². The first kappa shape index (κ1) is 29.0. The van der Waals surface area contributed by atoms with Crippen LogP contribution in [0.1, 0.15) is 15.9 Å². The van der Waals surface area contributed by atoms with Gasteiger partial charge in [-0.05, 0) is 43.4 Å². The quantitative estimate of drug-likeness (QED) is 0.0970. The Kier molecular flexibility index (Phi) is 8.40. The molecule has 1 aliphatic heterocycles. The lowest BCUT2D eigenvalue weighted by Crippen LogP contribution is -2.47. The topological polar surface area (TPSA) is 90.8 Å². The Labute approximate surface area is 234 Å². The molecule has 1 saturated heterocycles. The van der Waals surface area contributed by atoms with Gasteiger partial charge in [-0.25, -0.2) is 22.0 Å². The zero-order valence-corrected chi connectivity index (χ0v) is 22.1. The predicted molar refractivity (Wildman–Crippen MR) is 144 cm³/mol. The van der Waals surface area contributed by atoms with Gasteiger partial charge in [0.1, 0.15) is 5.69 Å². The van der Waals surface area contributed by atoms with Gasteiger partial charge < -0.3 is 15.1 Å². The van der Waals surface area contributed by atoms with Gasteiger partial charge in [0.25, 0.3) is 11.6 Å². The van der Waals surface area contributed by atoms with E-state index in [1.165, 1.54) is 31.2 Å². The molecule has 3 aromatic rings. The Balaban J connectivity index is 1.40. The molecular weight excluding hydrogens is 581 g/mol. The lowest BCUT2D eigenvalue weighted by Gasteiger charge is -2.38. The summed E-state index contributed by atoms with van der Waals surface area (Å²) in [5.74, 6) is -10.6. The third-order valence-electron chi connectivity index (χ3n) is 6.30. The van der Waals surface area contributed by atoms with Crippen LogP contribution in [0.2, 0.25) is 5.02 Å². The molecule has 210 valence electrons. The van der Waals surface area contributed by atoms with Crippen molar-refractivity contribution in [2.75, 3.05) is 41.3 Å². The molecule has 4 rings (SSSR count). The number of benzene rings is 3. The summed E-state index contributed by atoms with van der Waals surface area (Å²) < 4.78 is 69.0. The molecule has 15 heteroatoms. The molecule has 8 nitrogen and oxygen atoms in total. The number of nitrogens with one attached hydrogen (secondary N) is 2. The molecule has 40 heavy (non-hydrogen) atoms. The molecule has 0 saturated carbocycles. The highest BCUT2D eigenvalue weighted by atomic mass is 35.5. The Morgan fingerprint density at radius 3 is 2.10 bits per heavy atom. The fourth-order valence-electron chi connectivity index (χ4n) is 4.28. The van der Waals surface area contributed by atoms with Gasteiger partial charge >= 0.3 is 0 Å². The van der Waals surface area contributed by atoms with E-state index in [2.05, 4.69) is 10.6 Å². The number of hydrogen-bond acceptors (Lipinski definition) is 6. The lowest BCUT2D eigenvalue weighted by molar-refractivity contribution is -0.385. The smallest absolute Gasteiger partial charge is 0.273 e. The first-order valence-electron chi connectivity index (χ1n) is 11.6. The number of hydrogen-bond donors (Lipinski definition) is 2. The monoisotopic (exact) mass is 599 g/mol. The average molecular weight is 600 g/mol. The van der Waals surface area contributed by atoms with Gasteiger partial charge in [0.2, 0.25) is 5.82 Å². The molecule has 0 atom stereocenters. The Bertz CT molecular complexity index is 1510. The van der Waals surface area contributed by atoms with E-state index < -0.39 is 45.6 Å². The molecule has 1 aliphatic rings. The number of carbonyl (C=O) groups excluding carboxylic acids is 1. The van der Waals surface area contributed by atoms with Crippen molar-refractivity contribution in [3.05, 3.63) is 91.7 Å². The molecule has 1 amide bonds. The minimum atomic E-state index is -2.21. The van der Waals surface area contributed by atoms with Crippen LogP contribution in [-0.2, 0) is 0 Å². The highest BCUT2D eigenvalue weighted by Gasteiger charge is 2.31. The van der Waals surface area contributed by atoms with Gasteiger partial charge in [-0.2, -0.15) is 0 Å². The van der Waals surface area contributed by atoms with E-state index in [0.717, 1.165) is 4.90 Å². The van der Waals surface area contributed by atoms with Gasteiger partial charge in [0, 0.05) is 49.1 Å². The Hall–Kier alpha value is -4.04. The van der Waals surface area contributed by atoms with Gasteiger partial charge in [0.05, 0.1) is 15.6 Å². The van der Waals surface area contributed by atoms with E-state index >= 15 is 0 Å². The fourth-order valence-corrected chi connectivity index (χ4v) is 4.79. The summed E-state index contributed by atoms with van der Waals surface area (Å²) in [7, 11) is 0. The van der Waals surface area contributed by atoms with Crippen LogP contribution in [-0.4, -0.2) is 42.1 Å². The molecular formula is C25H19ClF5N5O3S. The standard InChI is InChI=1S/C25H19ClF5N5O3S/c1-12-14(3-2-4-16(12)36(38)39)24(37)33-25(40)32-13-5-6-17(15(26)11-13)34-7-9-35(10-8-34)23-21(30)19(28)18(27)20(29)22(23)31/h2-6,11H,7-10H2,1H3,(H2,32,33,37,40). The highest BCUT2D eigenvalue weighted by Crippen LogP contribution is 2.33. The van der Waals surface area contributed by atoms with E-state index in [0.29, 0.717) is 11.4 Å². The zero-order chi connectivity index (χ0) is 29.3. The lowest BCUT2D eigenvalue weighted by atomic mass is 10.1. The maximum atomic E-state index is 14.2. The summed E-state index contributed by atoms with van der Waals surface area (Å²) in [5, 5.41) is 16.5. The first-order valence-corrected chi connectivity index (χ1v) is 12.4. The van der Waals surface area contributed by atoms with E-state index in [4.69, 9.17) is 23.8 Å². The molecule has 0 radical (unpaired) electrons. The number of rotatable bonds is 5. The predicted octanol–water partition coefficient (Wildman–Crippen LogP) is 5.71. The van der Waals surface area contributed by atoms with Crippen LogP contribution >= 0.6 is 23.8 Å². The van der Waals surface area contributed by atoms with Crippen LogP contribution in [0.5, 0.6) is 0 Å². The van der Waals surface area contributed by atoms with Crippen molar-refractivity contribution in [3.63, 3.8) is 0 Å². The van der Waals surface area contributed by atoms with Crippen molar-refractivity contribution in [2.45, 2.75) is 6.92 Å². The maximum absolute atomic E-state index is 14.2. The van der Waals surface area contributed by atoms with E-state index in [-0.39, 0.29) is 53.1 Å². The van der Waals surface area contributed by atoms with E-state index in [1.807, 2.05) is 0 Å². The van der Waals surface area contributed by atoms with Crippen LogP contribution in [0, 0.1) is 46.1 Å². The van der Waals surface area contributed by atoms with Crippen LogP contribution in [0.3, 0.4) is 0 Å². The molecule has 0 unspecified atom stereocenters. The number of nitro benzene ring substituents is 1. The van der Waals surface area contributed by atoms with E-state index in [1.54, 1.807) is 17.0 Å². The number of piperazine rings is 1. The van der Waals surface area contributed by atoms with Crippen molar-refractivity contribution in [1.82, 2.24) is 5.32 Å². The average Bonchev–Trinajstić information content (AvgIpc) is 2.91. The molecule has 1 fully saturated rings. The van der Waals surface area contributed by atoms with Crippen molar-refractivity contribution in [1.29, 1.82) is 0 Å². The molecule has 0 aromatic heterocycles. The number of carbonyl (C=O) groups is 1. The SMILES string of the molecule is Cc1c(C(=O)NC(=S)Nc2ccc(N3CCN(c4c(F)c(F)c(F)c(F)c4F)CC3)c(Cl)c2)cccc1[N+](=O)[O-]. The van der Waals surface area contributed by atoms with Crippen LogP contribution in [0.25, 0.3) is 0 Å². The number of nitro groups is 1. The number of thiocarbonyl (C=S) groups is 1. The normalized spacial score (nSPS) is 13.3. The maximum Gasteiger partial charge on any atom is 0.273 e. The molecule has 0 aliphatic carbocycles. The van der Waals surface area contributed by atoms with Gasteiger partial charge in [-0.15, -0.1) is 0 Å². The number of amides is 1. The highest BCUT2D eigenvalue weighted by molar-refractivity contribution is 7.80. The van der Waals surface area contributed by atoms with Crippen molar-refractivity contribution < 1.29 is 31.7 Å². The van der Waals surface area contributed by atoms with Crippen LogP contribution in [0.15, 0.2) is 36.4 Å². The van der Waals surface area contributed by atoms with Crippen LogP contribution in [0.4, 0.5) is 44.7 Å². The fraction of sp³-hybridized carbons (Fsp3) is 0.200. The summed E-state index contributed by atoms with van der Waals surface area (Å²) in [6.45, 7) is 1.71. The summed E-state index contributed by atoms with van der Waals surface area (Å²) in [6, 6.07) is 8.85. The summed E-state index contributed by atoms with van der Waals surface area (Å²) in [4.78, 5) is 26.0. The van der Waals surface area contributed by atoms with Crippen LogP contribution < -0.4 is 20.4 Å². The molecule has 1 heterocycles. The summed E-state index contributed by atoms with van der Waals surface area (Å²) in [6.07, 6.45) is 0. The third kappa shape index (κ3) is 5.63. The minimum absolute atomic E-state index is 0.0398. The number of nitrogens with zero attached hydrogens (tertiary/aromatic N) is 3. The second-order valence-electron chi connectivity index (χ2n) is 8.67. The molecule has 3 aromatic carbocycles. The number of anilines is 3. The minimum Gasteiger partial charge on any atom is -0.367 e. The third-order valence-corrected chi connectivity index (χ3v) is 6.81. The Morgan fingerprint density at radius 1 is 0.950 bits per heavy atom. The van der Waals surface area contributed by atoms with Gasteiger partial charge in [0.15, 0.2) is 28.4 Å². The first-order chi connectivity index (χ1) is 18.9. The van der Waals surface area contributed by atoms with Crippen molar-refractivity contribution >= 4 is 57.6 Å². The summed E-state index contributed by atoms with van der Waals surface area (Å²) >= 11 is 11.6. The molecule has 2 N–H and O–H groups in total. The molecule has 0 bridgehead atoms.